The van der Waals surface area contributed by atoms with Crippen LogP contribution < -0.4 is 0 Å². The smallest absolute Gasteiger partial charge is 0.184 e. The van der Waals surface area contributed by atoms with Gasteiger partial charge in [0.2, 0.25) is 0 Å². The van der Waals surface area contributed by atoms with Gasteiger partial charge in [0, 0.05) is 11.1 Å². The van der Waals surface area contributed by atoms with Crippen molar-refractivity contribution >= 4 is 0 Å². The fraction of sp³-hybridized carbons (Fsp3) is 0.400. The molecule has 2 fully saturated rings. The second kappa shape index (κ2) is 7.84. The van der Waals surface area contributed by atoms with Gasteiger partial charge in [0.15, 0.2) is 12.6 Å². The lowest BCUT2D eigenvalue weighted by Crippen LogP contribution is -2.55. The van der Waals surface area contributed by atoms with Crippen molar-refractivity contribution in [2.75, 3.05) is 13.2 Å². The molecule has 138 valence electrons. The first-order valence-corrected chi connectivity index (χ1v) is 8.72. The van der Waals surface area contributed by atoms with Crippen molar-refractivity contribution in [2.24, 2.45) is 0 Å². The van der Waals surface area contributed by atoms with Crippen molar-refractivity contribution < 1.29 is 29.2 Å². The van der Waals surface area contributed by atoms with Crippen LogP contribution in [-0.4, -0.2) is 47.8 Å². The summed E-state index contributed by atoms with van der Waals surface area (Å²) in [6.45, 7) is 0.210. The number of rotatable bonds is 3. The zero-order chi connectivity index (χ0) is 17.9. The van der Waals surface area contributed by atoms with E-state index in [0.29, 0.717) is 0 Å². The van der Waals surface area contributed by atoms with Gasteiger partial charge >= 0.3 is 0 Å². The lowest BCUT2D eigenvalue weighted by molar-refractivity contribution is -0.331. The Labute approximate surface area is 151 Å². The van der Waals surface area contributed by atoms with Crippen LogP contribution in [0.3, 0.4) is 0 Å². The molecule has 2 aromatic carbocycles. The molecule has 26 heavy (non-hydrogen) atoms. The standard InChI is InChI=1S/C20H22O6/c21-15-11-23-19(13-7-3-1-4-8-13)25-17(15)18-16(22)12-24-20(26-18)14-9-5-2-6-10-14/h1-10,15-22H,11-12H2/t15-,16+,17-,18-,19-,20+/m1/s1. The van der Waals surface area contributed by atoms with Gasteiger partial charge in [0.1, 0.15) is 24.4 Å². The minimum absolute atomic E-state index is 0.105. The Kier molecular flexibility index (Phi) is 5.31. The van der Waals surface area contributed by atoms with E-state index in [1.807, 2.05) is 60.7 Å². The van der Waals surface area contributed by atoms with E-state index in [-0.39, 0.29) is 13.2 Å². The van der Waals surface area contributed by atoms with Gasteiger partial charge in [-0.3, -0.25) is 0 Å². The largest absolute Gasteiger partial charge is 0.388 e. The van der Waals surface area contributed by atoms with E-state index in [4.69, 9.17) is 18.9 Å². The minimum Gasteiger partial charge on any atom is -0.388 e. The number of aliphatic hydroxyl groups excluding tert-OH is 2. The summed E-state index contributed by atoms with van der Waals surface area (Å²) in [5, 5.41) is 20.8. The summed E-state index contributed by atoms with van der Waals surface area (Å²) in [5.41, 5.74) is 1.70. The van der Waals surface area contributed by atoms with Crippen molar-refractivity contribution in [1.29, 1.82) is 0 Å². The molecule has 0 aromatic heterocycles. The Morgan fingerprint density at radius 2 is 1.00 bits per heavy atom. The number of hydrogen-bond donors (Lipinski definition) is 2. The second-order valence-corrected chi connectivity index (χ2v) is 6.49. The summed E-state index contributed by atoms with van der Waals surface area (Å²) in [4.78, 5) is 0. The van der Waals surface area contributed by atoms with Crippen LogP contribution in [0.2, 0.25) is 0 Å². The normalized spacial score (nSPS) is 35.2. The Bertz CT molecular complexity index is 632. The Hall–Kier alpha value is -1.80. The summed E-state index contributed by atoms with van der Waals surface area (Å²) < 4.78 is 23.1. The highest BCUT2D eigenvalue weighted by Crippen LogP contribution is 2.34. The minimum atomic E-state index is -0.899. The van der Waals surface area contributed by atoms with Crippen LogP contribution in [0.5, 0.6) is 0 Å². The topological polar surface area (TPSA) is 77.4 Å². The fourth-order valence-corrected chi connectivity index (χ4v) is 3.27. The maximum Gasteiger partial charge on any atom is 0.184 e. The zero-order valence-electron chi connectivity index (χ0n) is 14.2. The predicted octanol–water partition coefficient (Wildman–Crippen LogP) is 1.94. The lowest BCUT2D eigenvalue weighted by Gasteiger charge is -2.43. The van der Waals surface area contributed by atoms with E-state index in [1.165, 1.54) is 0 Å². The molecule has 0 spiro atoms. The van der Waals surface area contributed by atoms with E-state index in [9.17, 15) is 10.2 Å². The zero-order valence-corrected chi connectivity index (χ0v) is 14.2. The molecule has 4 rings (SSSR count). The van der Waals surface area contributed by atoms with Crippen molar-refractivity contribution in [3.05, 3.63) is 71.8 Å². The highest BCUT2D eigenvalue weighted by molar-refractivity contribution is 5.18. The molecule has 2 heterocycles. The first-order valence-electron chi connectivity index (χ1n) is 8.72. The Morgan fingerprint density at radius 1 is 0.615 bits per heavy atom. The molecule has 0 bridgehead atoms. The molecule has 6 nitrogen and oxygen atoms in total. The van der Waals surface area contributed by atoms with Gasteiger partial charge in [0.25, 0.3) is 0 Å². The van der Waals surface area contributed by atoms with Gasteiger partial charge in [0.05, 0.1) is 13.2 Å². The lowest BCUT2D eigenvalue weighted by atomic mass is 10.0. The molecular formula is C20H22O6. The summed E-state index contributed by atoms with van der Waals surface area (Å²) in [7, 11) is 0. The van der Waals surface area contributed by atoms with Crippen LogP contribution in [0.1, 0.15) is 23.7 Å². The third-order valence-corrected chi connectivity index (χ3v) is 4.62. The van der Waals surface area contributed by atoms with Gasteiger partial charge in [-0.1, -0.05) is 60.7 Å². The quantitative estimate of drug-likeness (QED) is 0.873. The predicted molar refractivity (Wildman–Crippen MR) is 92.0 cm³/mol. The second-order valence-electron chi connectivity index (χ2n) is 6.49. The molecule has 0 saturated carbocycles. The summed E-state index contributed by atoms with van der Waals surface area (Å²) in [6, 6.07) is 19.0. The molecular weight excluding hydrogens is 336 g/mol. The fourth-order valence-electron chi connectivity index (χ4n) is 3.27. The number of aliphatic hydroxyl groups is 2. The molecule has 0 amide bonds. The van der Waals surface area contributed by atoms with Gasteiger partial charge in [-0.15, -0.1) is 0 Å². The molecule has 2 aliphatic rings. The molecule has 2 saturated heterocycles. The van der Waals surface area contributed by atoms with Crippen molar-refractivity contribution in [2.45, 2.75) is 37.0 Å². The van der Waals surface area contributed by atoms with Gasteiger partial charge in [-0.2, -0.15) is 0 Å². The van der Waals surface area contributed by atoms with Gasteiger partial charge < -0.3 is 29.2 Å². The van der Waals surface area contributed by atoms with Crippen LogP contribution in [0.25, 0.3) is 0 Å². The van der Waals surface area contributed by atoms with Crippen LogP contribution in [0.15, 0.2) is 60.7 Å². The van der Waals surface area contributed by atoms with E-state index in [2.05, 4.69) is 0 Å². The third kappa shape index (κ3) is 3.66. The molecule has 0 radical (unpaired) electrons. The Balaban J connectivity index is 1.51. The van der Waals surface area contributed by atoms with Crippen molar-refractivity contribution in [1.82, 2.24) is 0 Å². The highest BCUT2D eigenvalue weighted by Gasteiger charge is 2.44. The maximum absolute atomic E-state index is 10.4. The monoisotopic (exact) mass is 358 g/mol. The highest BCUT2D eigenvalue weighted by atomic mass is 16.7. The summed E-state index contributed by atoms with van der Waals surface area (Å²) in [5.74, 6) is 0. The first-order chi connectivity index (χ1) is 12.7. The molecule has 0 aliphatic carbocycles. The van der Waals surface area contributed by atoms with Crippen molar-refractivity contribution in [3.8, 4) is 0 Å². The van der Waals surface area contributed by atoms with Crippen LogP contribution in [0.4, 0.5) is 0 Å². The van der Waals surface area contributed by atoms with Gasteiger partial charge in [-0.25, -0.2) is 0 Å². The van der Waals surface area contributed by atoms with Crippen LogP contribution in [0, 0.1) is 0 Å². The van der Waals surface area contributed by atoms with E-state index in [1.54, 1.807) is 0 Å². The van der Waals surface area contributed by atoms with Crippen LogP contribution in [-0.2, 0) is 18.9 Å². The average Bonchev–Trinajstić information content (AvgIpc) is 2.70. The first kappa shape index (κ1) is 17.6. The molecule has 2 N–H and O–H groups in total. The van der Waals surface area contributed by atoms with Gasteiger partial charge in [-0.05, 0) is 0 Å². The average molecular weight is 358 g/mol. The summed E-state index contributed by atoms with van der Waals surface area (Å²) >= 11 is 0. The number of hydrogen-bond acceptors (Lipinski definition) is 6. The Morgan fingerprint density at radius 3 is 1.38 bits per heavy atom. The van der Waals surface area contributed by atoms with E-state index in [0.717, 1.165) is 11.1 Å². The molecule has 2 aliphatic heterocycles. The molecule has 0 unspecified atom stereocenters. The number of benzene rings is 2. The van der Waals surface area contributed by atoms with E-state index >= 15 is 0 Å². The van der Waals surface area contributed by atoms with Crippen molar-refractivity contribution in [3.63, 3.8) is 0 Å². The SMILES string of the molecule is O[C@@H]1CO[C@@H](c2ccccc2)O[C@H]1[C@@H]1O[C@@H](c2ccccc2)OC[C@@H]1O. The summed E-state index contributed by atoms with van der Waals surface area (Å²) in [6.07, 6.45) is -4.47. The third-order valence-electron chi connectivity index (χ3n) is 4.62. The molecule has 2 aromatic rings. The molecule has 6 heteroatoms. The maximum atomic E-state index is 10.4. The van der Waals surface area contributed by atoms with Crippen LogP contribution >= 0.6 is 0 Å². The van der Waals surface area contributed by atoms with E-state index < -0.39 is 37.0 Å². The number of ether oxygens (including phenoxy) is 4. The molecule has 6 atom stereocenters.